The van der Waals surface area contributed by atoms with Gasteiger partial charge in [0.2, 0.25) is 5.91 Å². The average molecular weight is 450 g/mol. The quantitative estimate of drug-likeness (QED) is 0.392. The minimum Gasteiger partial charge on any atom is -0.494 e. The number of rotatable bonds is 10. The Labute approximate surface area is 188 Å². The number of carbonyl (C=O) groups excluding carboxylic acids is 1. The number of nitrogens with one attached hydrogen (secondary N) is 1. The van der Waals surface area contributed by atoms with Crippen molar-refractivity contribution in [2.75, 3.05) is 18.5 Å². The Bertz CT molecular complexity index is 805. The van der Waals surface area contributed by atoms with Crippen LogP contribution in [0.4, 0.5) is 5.69 Å². The highest BCUT2D eigenvalue weighted by molar-refractivity contribution is 6.35. The molecule has 0 bridgehead atoms. The second-order valence-corrected chi connectivity index (χ2v) is 8.58. The second kappa shape index (κ2) is 12.1. The zero-order chi connectivity index (χ0) is 21.2. The van der Waals surface area contributed by atoms with Gasteiger partial charge in [0.05, 0.1) is 18.2 Å². The van der Waals surface area contributed by atoms with Gasteiger partial charge in [0.15, 0.2) is 0 Å². The summed E-state index contributed by atoms with van der Waals surface area (Å²) in [6.45, 7) is 1.16. The van der Waals surface area contributed by atoms with E-state index in [-0.39, 0.29) is 5.91 Å². The van der Waals surface area contributed by atoms with Gasteiger partial charge in [-0.15, -0.1) is 0 Å². The summed E-state index contributed by atoms with van der Waals surface area (Å²) >= 11 is 11.9. The number of amides is 1. The largest absolute Gasteiger partial charge is 0.494 e. The van der Waals surface area contributed by atoms with Crippen LogP contribution in [0.5, 0.6) is 11.5 Å². The fourth-order valence-corrected chi connectivity index (χ4v) is 4.15. The topological polar surface area (TPSA) is 47.6 Å². The summed E-state index contributed by atoms with van der Waals surface area (Å²) < 4.78 is 11.5. The van der Waals surface area contributed by atoms with Crippen LogP contribution in [0.15, 0.2) is 42.5 Å². The van der Waals surface area contributed by atoms with E-state index in [1.54, 1.807) is 18.2 Å². The summed E-state index contributed by atoms with van der Waals surface area (Å²) in [6, 6.07) is 12.6. The third kappa shape index (κ3) is 7.73. The van der Waals surface area contributed by atoms with Gasteiger partial charge in [-0.05, 0) is 61.2 Å². The van der Waals surface area contributed by atoms with E-state index in [2.05, 4.69) is 5.32 Å². The molecule has 1 aliphatic rings. The summed E-state index contributed by atoms with van der Waals surface area (Å²) in [4.78, 5) is 12.1. The molecule has 0 radical (unpaired) electrons. The predicted octanol–water partition coefficient (Wildman–Crippen LogP) is 7.14. The van der Waals surface area contributed by atoms with Crippen molar-refractivity contribution in [3.8, 4) is 11.5 Å². The molecule has 30 heavy (non-hydrogen) atoms. The van der Waals surface area contributed by atoms with Crippen LogP contribution in [-0.4, -0.2) is 19.1 Å². The maximum atomic E-state index is 12.1. The van der Waals surface area contributed by atoms with E-state index in [0.29, 0.717) is 35.2 Å². The van der Waals surface area contributed by atoms with Gasteiger partial charge in [0.1, 0.15) is 11.5 Å². The summed E-state index contributed by atoms with van der Waals surface area (Å²) in [6.07, 6.45) is 8.87. The van der Waals surface area contributed by atoms with Crippen LogP contribution in [0.3, 0.4) is 0 Å². The van der Waals surface area contributed by atoms with Gasteiger partial charge in [-0.1, -0.05) is 55.3 Å². The van der Waals surface area contributed by atoms with Gasteiger partial charge < -0.3 is 14.8 Å². The number of hydrogen-bond donors (Lipinski definition) is 1. The van der Waals surface area contributed by atoms with Crippen molar-refractivity contribution >= 4 is 34.8 Å². The number of ether oxygens (including phenoxy) is 2. The van der Waals surface area contributed by atoms with Crippen LogP contribution in [0, 0.1) is 5.92 Å². The first-order valence-corrected chi connectivity index (χ1v) is 11.5. The number of carbonyl (C=O) groups is 1. The molecule has 1 fully saturated rings. The number of anilines is 1. The molecule has 4 nitrogen and oxygen atoms in total. The van der Waals surface area contributed by atoms with Gasteiger partial charge >= 0.3 is 0 Å². The van der Waals surface area contributed by atoms with Crippen LogP contribution in [-0.2, 0) is 4.79 Å². The maximum absolute atomic E-state index is 12.1. The molecule has 3 rings (SSSR count). The van der Waals surface area contributed by atoms with E-state index in [0.717, 1.165) is 30.4 Å². The second-order valence-electron chi connectivity index (χ2n) is 7.74. The lowest BCUT2D eigenvalue weighted by Crippen LogP contribution is -2.13. The fourth-order valence-electron chi connectivity index (χ4n) is 3.68. The first-order valence-electron chi connectivity index (χ1n) is 10.7. The molecular weight excluding hydrogens is 421 g/mol. The van der Waals surface area contributed by atoms with E-state index in [1.807, 2.05) is 24.3 Å². The zero-order valence-electron chi connectivity index (χ0n) is 17.2. The fraction of sp³-hybridized carbons (Fsp3) is 0.458. The molecular formula is C24H29Cl2NO3. The highest BCUT2D eigenvalue weighted by Gasteiger charge is 2.13. The summed E-state index contributed by atoms with van der Waals surface area (Å²) in [7, 11) is 0. The molecule has 2 aromatic carbocycles. The van der Waals surface area contributed by atoms with Crippen LogP contribution in [0.2, 0.25) is 10.0 Å². The minimum atomic E-state index is -0.0493. The molecule has 0 spiro atoms. The molecule has 0 aromatic heterocycles. The summed E-state index contributed by atoms with van der Waals surface area (Å²) in [5.74, 6) is 2.18. The zero-order valence-corrected chi connectivity index (χ0v) is 18.7. The molecule has 0 unspecified atom stereocenters. The van der Waals surface area contributed by atoms with Gasteiger partial charge in [-0.25, -0.2) is 0 Å². The van der Waals surface area contributed by atoms with Crippen LogP contribution in [0.1, 0.15) is 51.4 Å². The van der Waals surface area contributed by atoms with E-state index >= 15 is 0 Å². The Balaban J connectivity index is 1.31. The van der Waals surface area contributed by atoms with E-state index in [1.165, 1.54) is 32.1 Å². The molecule has 0 aliphatic heterocycles. The minimum absolute atomic E-state index is 0.0493. The maximum Gasteiger partial charge on any atom is 0.224 e. The van der Waals surface area contributed by atoms with E-state index in [4.69, 9.17) is 32.7 Å². The Morgan fingerprint density at radius 1 is 0.967 bits per heavy atom. The SMILES string of the molecule is O=C(CCCOc1ccc(Cl)cc1Cl)Nc1ccc(OCCC2CCCCC2)cc1. The lowest BCUT2D eigenvalue weighted by Gasteiger charge is -2.21. The van der Waals surface area contributed by atoms with Crippen LogP contribution in [0.25, 0.3) is 0 Å². The van der Waals surface area contributed by atoms with Crippen molar-refractivity contribution in [3.63, 3.8) is 0 Å². The van der Waals surface area contributed by atoms with Gasteiger partial charge in [-0.3, -0.25) is 4.79 Å². The highest BCUT2D eigenvalue weighted by atomic mass is 35.5. The van der Waals surface area contributed by atoms with Crippen molar-refractivity contribution in [1.82, 2.24) is 0 Å². The Kier molecular flexibility index (Phi) is 9.16. The third-order valence-electron chi connectivity index (χ3n) is 5.36. The first kappa shape index (κ1) is 22.8. The van der Waals surface area contributed by atoms with Gasteiger partial charge in [-0.2, -0.15) is 0 Å². The van der Waals surface area contributed by atoms with E-state index in [9.17, 15) is 4.79 Å². The Morgan fingerprint density at radius 2 is 1.73 bits per heavy atom. The Morgan fingerprint density at radius 3 is 2.47 bits per heavy atom. The number of halogens is 2. The van der Waals surface area contributed by atoms with Crippen LogP contribution < -0.4 is 14.8 Å². The molecule has 1 aliphatic carbocycles. The monoisotopic (exact) mass is 449 g/mol. The molecule has 6 heteroatoms. The van der Waals surface area contributed by atoms with Crippen LogP contribution >= 0.6 is 23.2 Å². The number of benzene rings is 2. The summed E-state index contributed by atoms with van der Waals surface area (Å²) in [5, 5.41) is 3.93. The molecule has 1 saturated carbocycles. The standard InChI is InChI=1S/C24H29Cl2NO3/c25-19-8-13-23(22(26)17-19)30-15-4-7-24(28)27-20-9-11-21(12-10-20)29-16-14-18-5-2-1-3-6-18/h8-13,17-18H,1-7,14-16H2,(H,27,28). The number of hydrogen-bond acceptors (Lipinski definition) is 3. The van der Waals surface area contributed by atoms with E-state index < -0.39 is 0 Å². The molecule has 0 heterocycles. The predicted molar refractivity (Wildman–Crippen MR) is 123 cm³/mol. The molecule has 0 atom stereocenters. The van der Waals surface area contributed by atoms with Crippen molar-refractivity contribution in [3.05, 3.63) is 52.5 Å². The molecule has 0 saturated heterocycles. The van der Waals surface area contributed by atoms with Crippen molar-refractivity contribution < 1.29 is 14.3 Å². The van der Waals surface area contributed by atoms with Gasteiger partial charge in [0.25, 0.3) is 0 Å². The summed E-state index contributed by atoms with van der Waals surface area (Å²) in [5.41, 5.74) is 0.765. The molecule has 1 N–H and O–H groups in total. The first-order chi connectivity index (χ1) is 14.6. The average Bonchev–Trinajstić information content (AvgIpc) is 2.74. The smallest absolute Gasteiger partial charge is 0.224 e. The van der Waals surface area contributed by atoms with Crippen molar-refractivity contribution in [1.29, 1.82) is 0 Å². The highest BCUT2D eigenvalue weighted by Crippen LogP contribution is 2.28. The third-order valence-corrected chi connectivity index (χ3v) is 5.89. The molecule has 162 valence electrons. The normalized spacial score (nSPS) is 14.3. The lowest BCUT2D eigenvalue weighted by molar-refractivity contribution is -0.116. The molecule has 1 amide bonds. The lowest BCUT2D eigenvalue weighted by atomic mass is 9.87. The molecule has 2 aromatic rings. The Hall–Kier alpha value is -1.91. The van der Waals surface area contributed by atoms with Crippen molar-refractivity contribution in [2.45, 2.75) is 51.4 Å². The van der Waals surface area contributed by atoms with Gasteiger partial charge in [0, 0.05) is 17.1 Å². The van der Waals surface area contributed by atoms with Crippen molar-refractivity contribution in [2.24, 2.45) is 5.92 Å².